The van der Waals surface area contributed by atoms with Gasteiger partial charge in [0.05, 0.1) is 0 Å². The number of hydrogen-bond donors (Lipinski definition) is 1. The van der Waals surface area contributed by atoms with Crippen LogP contribution in [0.5, 0.6) is 0 Å². The van der Waals surface area contributed by atoms with Gasteiger partial charge in [-0.05, 0) is 59.0 Å². The van der Waals surface area contributed by atoms with Crippen molar-refractivity contribution in [3.05, 3.63) is 51.7 Å². The van der Waals surface area contributed by atoms with E-state index < -0.39 is 0 Å². The number of aryl methyl sites for hydroxylation is 1. The Morgan fingerprint density at radius 1 is 1.19 bits per heavy atom. The van der Waals surface area contributed by atoms with Crippen molar-refractivity contribution in [3.8, 4) is 0 Å². The summed E-state index contributed by atoms with van der Waals surface area (Å²) in [4.78, 5) is 2.32. The Hall–Kier alpha value is -1.32. The first-order valence-electron chi connectivity index (χ1n) is 7.58. The Labute approximate surface area is 132 Å². The van der Waals surface area contributed by atoms with E-state index in [1.54, 1.807) is 11.3 Å². The maximum Gasteiger partial charge on any atom is 0.0434 e. The van der Waals surface area contributed by atoms with Crippen LogP contribution in [0.15, 0.2) is 35.0 Å². The molecular formula is C18H26N2S. The first-order chi connectivity index (χ1) is 10.1. The van der Waals surface area contributed by atoms with E-state index in [0.29, 0.717) is 5.92 Å². The summed E-state index contributed by atoms with van der Waals surface area (Å²) < 4.78 is 0. The number of rotatable bonds is 7. The lowest BCUT2D eigenvalue weighted by Crippen LogP contribution is -2.20. The second-order valence-electron chi connectivity index (χ2n) is 6.13. The zero-order chi connectivity index (χ0) is 15.2. The summed E-state index contributed by atoms with van der Waals surface area (Å²) in [6.45, 7) is 9.66. The van der Waals surface area contributed by atoms with E-state index in [-0.39, 0.29) is 0 Å². The van der Waals surface area contributed by atoms with Gasteiger partial charge in [0.2, 0.25) is 0 Å². The molecule has 0 aliphatic rings. The predicted octanol–water partition coefficient (Wildman–Crippen LogP) is 4.44. The van der Waals surface area contributed by atoms with Gasteiger partial charge in [-0.25, -0.2) is 0 Å². The minimum absolute atomic E-state index is 0.696. The highest BCUT2D eigenvalue weighted by Gasteiger charge is 2.07. The lowest BCUT2D eigenvalue weighted by Gasteiger charge is -2.21. The number of benzene rings is 1. The van der Waals surface area contributed by atoms with Gasteiger partial charge in [-0.1, -0.05) is 26.0 Å². The summed E-state index contributed by atoms with van der Waals surface area (Å²) in [5, 5.41) is 7.86. The highest BCUT2D eigenvalue weighted by molar-refractivity contribution is 7.07. The molecule has 1 aromatic carbocycles. The quantitative estimate of drug-likeness (QED) is 0.813. The fourth-order valence-electron chi connectivity index (χ4n) is 2.50. The van der Waals surface area contributed by atoms with Crippen LogP contribution < -0.4 is 10.2 Å². The molecule has 0 amide bonds. The van der Waals surface area contributed by atoms with Gasteiger partial charge in [0.25, 0.3) is 0 Å². The van der Waals surface area contributed by atoms with Gasteiger partial charge in [0.1, 0.15) is 0 Å². The molecule has 21 heavy (non-hydrogen) atoms. The van der Waals surface area contributed by atoms with Gasteiger partial charge >= 0.3 is 0 Å². The molecule has 1 N–H and O–H groups in total. The van der Waals surface area contributed by atoms with Crippen molar-refractivity contribution in [2.24, 2.45) is 5.92 Å². The Morgan fingerprint density at radius 2 is 2.00 bits per heavy atom. The van der Waals surface area contributed by atoms with Crippen LogP contribution in [-0.4, -0.2) is 13.6 Å². The van der Waals surface area contributed by atoms with Crippen LogP contribution in [-0.2, 0) is 13.1 Å². The second-order valence-corrected chi connectivity index (χ2v) is 6.91. The molecule has 0 unspecified atom stereocenters. The van der Waals surface area contributed by atoms with Crippen molar-refractivity contribution in [1.29, 1.82) is 0 Å². The molecular weight excluding hydrogens is 276 g/mol. The SMILES string of the molecule is Cc1cc(CNCC(C)C)ccc1N(C)Cc1ccsc1. The summed E-state index contributed by atoms with van der Waals surface area (Å²) in [5.74, 6) is 0.696. The van der Waals surface area contributed by atoms with Crippen LogP contribution >= 0.6 is 11.3 Å². The molecule has 1 aromatic heterocycles. The fraction of sp³-hybridized carbons (Fsp3) is 0.444. The molecule has 0 atom stereocenters. The van der Waals surface area contributed by atoms with Gasteiger partial charge in [-0.15, -0.1) is 0 Å². The Bertz CT molecular complexity index is 546. The molecule has 2 nitrogen and oxygen atoms in total. The summed E-state index contributed by atoms with van der Waals surface area (Å²) in [5.41, 5.74) is 5.40. The van der Waals surface area contributed by atoms with Crippen LogP contribution in [0.4, 0.5) is 5.69 Å². The fourth-order valence-corrected chi connectivity index (χ4v) is 3.16. The molecule has 0 bridgehead atoms. The Morgan fingerprint density at radius 3 is 2.62 bits per heavy atom. The molecule has 0 saturated carbocycles. The molecule has 0 spiro atoms. The molecule has 2 aromatic rings. The average molecular weight is 302 g/mol. The van der Waals surface area contributed by atoms with Gasteiger partial charge in [-0.2, -0.15) is 11.3 Å². The molecule has 114 valence electrons. The first kappa shape index (κ1) is 16.1. The monoisotopic (exact) mass is 302 g/mol. The van der Waals surface area contributed by atoms with Gasteiger partial charge in [0, 0.05) is 25.8 Å². The molecule has 1 heterocycles. The molecule has 0 aliphatic carbocycles. The highest BCUT2D eigenvalue weighted by Crippen LogP contribution is 2.22. The zero-order valence-electron chi connectivity index (χ0n) is 13.5. The third-order valence-electron chi connectivity index (χ3n) is 3.55. The van der Waals surface area contributed by atoms with Crippen molar-refractivity contribution in [3.63, 3.8) is 0 Å². The summed E-state index contributed by atoms with van der Waals surface area (Å²) >= 11 is 1.76. The van der Waals surface area contributed by atoms with Crippen LogP contribution in [0.25, 0.3) is 0 Å². The zero-order valence-corrected chi connectivity index (χ0v) is 14.3. The summed E-state index contributed by atoms with van der Waals surface area (Å²) in [6.07, 6.45) is 0. The van der Waals surface area contributed by atoms with Crippen molar-refractivity contribution < 1.29 is 0 Å². The van der Waals surface area contributed by atoms with Crippen LogP contribution in [0.3, 0.4) is 0 Å². The third-order valence-corrected chi connectivity index (χ3v) is 4.29. The van der Waals surface area contributed by atoms with Crippen LogP contribution in [0.1, 0.15) is 30.5 Å². The lowest BCUT2D eigenvalue weighted by atomic mass is 10.1. The van der Waals surface area contributed by atoms with Gasteiger partial charge in [-0.3, -0.25) is 0 Å². The molecule has 0 aliphatic heterocycles. The molecule has 0 saturated heterocycles. The Kier molecular flexibility index (Phi) is 5.83. The Balaban J connectivity index is 1.98. The van der Waals surface area contributed by atoms with E-state index in [4.69, 9.17) is 0 Å². The van der Waals surface area contributed by atoms with Gasteiger partial charge < -0.3 is 10.2 Å². The molecule has 0 fully saturated rings. The van der Waals surface area contributed by atoms with Crippen molar-refractivity contribution in [1.82, 2.24) is 5.32 Å². The van der Waals surface area contributed by atoms with E-state index in [1.807, 2.05) is 0 Å². The number of nitrogens with one attached hydrogen (secondary N) is 1. The van der Waals surface area contributed by atoms with Crippen LogP contribution in [0, 0.1) is 12.8 Å². The van der Waals surface area contributed by atoms with Crippen molar-refractivity contribution in [2.75, 3.05) is 18.5 Å². The minimum atomic E-state index is 0.696. The predicted molar refractivity (Wildman–Crippen MR) is 94.1 cm³/mol. The van der Waals surface area contributed by atoms with Gasteiger partial charge in [0.15, 0.2) is 0 Å². The smallest absolute Gasteiger partial charge is 0.0434 e. The average Bonchev–Trinajstić information content (AvgIpc) is 2.91. The van der Waals surface area contributed by atoms with E-state index in [1.165, 1.54) is 22.4 Å². The van der Waals surface area contributed by atoms with E-state index in [0.717, 1.165) is 19.6 Å². The maximum atomic E-state index is 3.50. The lowest BCUT2D eigenvalue weighted by molar-refractivity contribution is 0.552. The number of thiophene rings is 1. The van der Waals surface area contributed by atoms with Crippen molar-refractivity contribution >= 4 is 17.0 Å². The first-order valence-corrected chi connectivity index (χ1v) is 8.53. The summed E-state index contributed by atoms with van der Waals surface area (Å²) in [6, 6.07) is 8.97. The topological polar surface area (TPSA) is 15.3 Å². The van der Waals surface area contributed by atoms with Crippen molar-refractivity contribution in [2.45, 2.75) is 33.9 Å². The molecule has 3 heteroatoms. The van der Waals surface area contributed by atoms with E-state index >= 15 is 0 Å². The molecule has 0 radical (unpaired) electrons. The normalized spacial score (nSPS) is 11.1. The van der Waals surface area contributed by atoms with E-state index in [9.17, 15) is 0 Å². The second kappa shape index (κ2) is 7.62. The number of anilines is 1. The van der Waals surface area contributed by atoms with E-state index in [2.05, 4.69) is 73.1 Å². The molecule has 2 rings (SSSR count). The standard InChI is InChI=1S/C18H26N2S/c1-14(2)10-19-11-16-5-6-18(15(3)9-16)20(4)12-17-7-8-21-13-17/h5-9,13-14,19H,10-12H2,1-4H3. The highest BCUT2D eigenvalue weighted by atomic mass is 32.1. The van der Waals surface area contributed by atoms with Crippen LogP contribution in [0.2, 0.25) is 0 Å². The largest absolute Gasteiger partial charge is 0.370 e. The maximum absolute atomic E-state index is 3.50. The number of nitrogens with zero attached hydrogens (tertiary/aromatic N) is 1. The minimum Gasteiger partial charge on any atom is -0.370 e. The number of hydrogen-bond acceptors (Lipinski definition) is 3. The summed E-state index contributed by atoms with van der Waals surface area (Å²) in [7, 11) is 2.16. The third kappa shape index (κ3) is 4.87.